The molecule has 112 valence electrons. The summed E-state index contributed by atoms with van der Waals surface area (Å²) in [6.07, 6.45) is 0.927. The lowest BCUT2D eigenvalue weighted by molar-refractivity contribution is 0.0562. The van der Waals surface area contributed by atoms with Crippen LogP contribution in [0.25, 0.3) is 0 Å². The largest absolute Gasteiger partial charge is 0.463 e. The van der Waals surface area contributed by atoms with E-state index < -0.39 is 5.97 Å². The van der Waals surface area contributed by atoms with Crippen LogP contribution in [0.4, 0.5) is 4.39 Å². The molecule has 0 radical (unpaired) electrons. The molecule has 0 aliphatic rings. The first kappa shape index (κ1) is 15.3. The van der Waals surface area contributed by atoms with E-state index in [1.807, 2.05) is 13.0 Å². The Morgan fingerprint density at radius 3 is 2.86 bits per heavy atom. The summed E-state index contributed by atoms with van der Waals surface area (Å²) in [6, 6.07) is 9.26. The monoisotopic (exact) mass is 291 g/mol. The van der Waals surface area contributed by atoms with Gasteiger partial charge in [0.25, 0.3) is 0 Å². The standard InChI is InChI=1S/C16H18FNO3/c1-3-9-18-15(11-5-4-6-12(17)10-11)13-7-8-14(21-13)16(19)20-2/h4-8,10,15,18H,3,9H2,1-2H3. The van der Waals surface area contributed by atoms with Crippen LogP contribution in [-0.4, -0.2) is 19.6 Å². The lowest BCUT2D eigenvalue weighted by Crippen LogP contribution is -2.22. The van der Waals surface area contributed by atoms with Gasteiger partial charge in [-0.25, -0.2) is 9.18 Å². The van der Waals surface area contributed by atoms with Crippen molar-refractivity contribution in [2.75, 3.05) is 13.7 Å². The summed E-state index contributed by atoms with van der Waals surface area (Å²) in [5, 5.41) is 3.29. The zero-order valence-electron chi connectivity index (χ0n) is 12.1. The predicted octanol–water partition coefficient (Wildman–Crippen LogP) is 3.29. The van der Waals surface area contributed by atoms with Gasteiger partial charge in [0.1, 0.15) is 11.6 Å². The lowest BCUT2D eigenvalue weighted by atomic mass is 10.0. The minimum absolute atomic E-state index is 0.132. The van der Waals surface area contributed by atoms with Crippen molar-refractivity contribution in [2.24, 2.45) is 0 Å². The number of nitrogens with one attached hydrogen (secondary N) is 1. The Morgan fingerprint density at radius 1 is 1.38 bits per heavy atom. The number of furan rings is 1. The molecular weight excluding hydrogens is 273 g/mol. The van der Waals surface area contributed by atoms with Crippen LogP contribution >= 0.6 is 0 Å². The van der Waals surface area contributed by atoms with Crippen LogP contribution in [0.5, 0.6) is 0 Å². The molecule has 1 aromatic carbocycles. The number of hydrogen-bond donors (Lipinski definition) is 1. The topological polar surface area (TPSA) is 51.5 Å². The summed E-state index contributed by atoms with van der Waals surface area (Å²) in [5.41, 5.74) is 0.745. The average molecular weight is 291 g/mol. The Balaban J connectivity index is 2.31. The molecule has 1 unspecified atom stereocenters. The molecule has 0 aliphatic carbocycles. The number of halogens is 1. The van der Waals surface area contributed by atoms with Crippen LogP contribution in [-0.2, 0) is 4.74 Å². The predicted molar refractivity (Wildman–Crippen MR) is 76.6 cm³/mol. The number of hydrogen-bond acceptors (Lipinski definition) is 4. The third-order valence-electron chi connectivity index (χ3n) is 3.08. The molecule has 0 saturated carbocycles. The molecule has 0 saturated heterocycles. The van der Waals surface area contributed by atoms with Gasteiger partial charge in [-0.3, -0.25) is 0 Å². The highest BCUT2D eigenvalue weighted by atomic mass is 19.1. The summed E-state index contributed by atoms with van der Waals surface area (Å²) >= 11 is 0. The van der Waals surface area contributed by atoms with Gasteiger partial charge in [-0.1, -0.05) is 19.1 Å². The number of rotatable bonds is 6. The zero-order valence-corrected chi connectivity index (χ0v) is 12.1. The number of carbonyl (C=O) groups is 1. The fraction of sp³-hybridized carbons (Fsp3) is 0.312. The molecule has 1 atom stereocenters. The number of carbonyl (C=O) groups excluding carboxylic acids is 1. The van der Waals surface area contributed by atoms with Gasteiger partial charge in [0.2, 0.25) is 5.76 Å². The number of ether oxygens (including phenoxy) is 1. The second kappa shape index (κ2) is 7.04. The van der Waals surface area contributed by atoms with E-state index in [9.17, 15) is 9.18 Å². The number of benzene rings is 1. The van der Waals surface area contributed by atoms with Crippen LogP contribution in [0.1, 0.15) is 41.3 Å². The maximum absolute atomic E-state index is 13.4. The van der Waals surface area contributed by atoms with Crippen molar-refractivity contribution in [1.82, 2.24) is 5.32 Å². The number of methoxy groups -OCH3 is 1. The van der Waals surface area contributed by atoms with E-state index in [0.29, 0.717) is 5.76 Å². The summed E-state index contributed by atoms with van der Waals surface area (Å²) in [7, 11) is 1.30. The van der Waals surface area contributed by atoms with Crippen LogP contribution in [0, 0.1) is 5.82 Å². The second-order valence-electron chi connectivity index (χ2n) is 4.64. The first-order valence-electron chi connectivity index (χ1n) is 6.82. The van der Waals surface area contributed by atoms with E-state index in [0.717, 1.165) is 18.5 Å². The van der Waals surface area contributed by atoms with Crippen molar-refractivity contribution < 1.29 is 18.3 Å². The van der Waals surface area contributed by atoms with Crippen molar-refractivity contribution in [3.8, 4) is 0 Å². The molecule has 0 aliphatic heterocycles. The molecule has 0 amide bonds. The molecule has 0 fully saturated rings. The van der Waals surface area contributed by atoms with Crippen LogP contribution in [0.3, 0.4) is 0 Å². The van der Waals surface area contributed by atoms with Crippen molar-refractivity contribution >= 4 is 5.97 Å². The smallest absolute Gasteiger partial charge is 0.373 e. The van der Waals surface area contributed by atoms with Gasteiger partial charge in [0.15, 0.2) is 0 Å². The van der Waals surface area contributed by atoms with E-state index in [4.69, 9.17) is 4.42 Å². The van der Waals surface area contributed by atoms with Crippen molar-refractivity contribution in [1.29, 1.82) is 0 Å². The molecule has 5 heteroatoms. The van der Waals surface area contributed by atoms with E-state index >= 15 is 0 Å². The first-order chi connectivity index (χ1) is 10.2. The third kappa shape index (κ3) is 3.70. The van der Waals surface area contributed by atoms with Crippen LogP contribution in [0.15, 0.2) is 40.8 Å². The Kier molecular flexibility index (Phi) is 5.11. The Labute approximate surface area is 122 Å². The van der Waals surface area contributed by atoms with Crippen molar-refractivity contribution in [2.45, 2.75) is 19.4 Å². The molecule has 21 heavy (non-hydrogen) atoms. The molecule has 1 heterocycles. The molecule has 1 aromatic heterocycles. The quantitative estimate of drug-likeness (QED) is 0.830. The van der Waals surface area contributed by atoms with Crippen molar-refractivity contribution in [3.05, 3.63) is 59.3 Å². The first-order valence-corrected chi connectivity index (χ1v) is 6.82. The highest BCUT2D eigenvalue weighted by Gasteiger charge is 2.20. The van der Waals surface area contributed by atoms with Gasteiger partial charge in [-0.05, 0) is 42.8 Å². The Bertz CT molecular complexity index is 609. The maximum atomic E-state index is 13.4. The highest BCUT2D eigenvalue weighted by Crippen LogP contribution is 2.25. The van der Waals surface area contributed by atoms with E-state index in [1.54, 1.807) is 18.2 Å². The fourth-order valence-corrected chi connectivity index (χ4v) is 2.08. The SMILES string of the molecule is CCCNC(c1cccc(F)c1)c1ccc(C(=O)OC)o1. The van der Waals surface area contributed by atoms with Gasteiger partial charge < -0.3 is 14.5 Å². The summed E-state index contributed by atoms with van der Waals surface area (Å²) in [4.78, 5) is 11.5. The minimum atomic E-state index is -0.533. The molecule has 0 spiro atoms. The summed E-state index contributed by atoms with van der Waals surface area (Å²) in [6.45, 7) is 2.78. The van der Waals surface area contributed by atoms with Crippen LogP contribution in [0.2, 0.25) is 0 Å². The van der Waals surface area contributed by atoms with Gasteiger partial charge in [-0.15, -0.1) is 0 Å². The third-order valence-corrected chi connectivity index (χ3v) is 3.08. The molecule has 0 bridgehead atoms. The molecule has 2 rings (SSSR count). The van der Waals surface area contributed by atoms with Gasteiger partial charge >= 0.3 is 5.97 Å². The molecular formula is C16H18FNO3. The molecule has 4 nitrogen and oxygen atoms in total. The number of esters is 1. The van der Waals surface area contributed by atoms with E-state index in [1.165, 1.54) is 19.2 Å². The van der Waals surface area contributed by atoms with Gasteiger partial charge in [-0.2, -0.15) is 0 Å². The highest BCUT2D eigenvalue weighted by molar-refractivity contribution is 5.86. The molecule has 1 N–H and O–H groups in total. The minimum Gasteiger partial charge on any atom is -0.463 e. The molecule has 2 aromatic rings. The van der Waals surface area contributed by atoms with E-state index in [2.05, 4.69) is 10.1 Å². The van der Waals surface area contributed by atoms with Crippen LogP contribution < -0.4 is 5.32 Å². The summed E-state index contributed by atoms with van der Waals surface area (Å²) < 4.78 is 23.6. The summed E-state index contributed by atoms with van der Waals surface area (Å²) in [5.74, 6) is -0.160. The maximum Gasteiger partial charge on any atom is 0.373 e. The van der Waals surface area contributed by atoms with E-state index in [-0.39, 0.29) is 17.6 Å². The normalized spacial score (nSPS) is 12.1. The second-order valence-corrected chi connectivity index (χ2v) is 4.64. The zero-order chi connectivity index (χ0) is 15.2. The lowest BCUT2D eigenvalue weighted by Gasteiger charge is -2.16. The van der Waals surface area contributed by atoms with Gasteiger partial charge in [0, 0.05) is 0 Å². The average Bonchev–Trinajstić information content (AvgIpc) is 2.97. The van der Waals surface area contributed by atoms with Crippen molar-refractivity contribution in [3.63, 3.8) is 0 Å². The fourth-order valence-electron chi connectivity index (χ4n) is 2.08. The Morgan fingerprint density at radius 2 is 2.19 bits per heavy atom. The van der Waals surface area contributed by atoms with Gasteiger partial charge in [0.05, 0.1) is 13.2 Å². The Hall–Kier alpha value is -2.14.